The largest absolute Gasteiger partial charge is 0.493 e. The molecule has 4 heteroatoms. The van der Waals surface area contributed by atoms with Gasteiger partial charge in [-0.1, -0.05) is 42.5 Å². The van der Waals surface area contributed by atoms with Crippen molar-refractivity contribution in [3.8, 4) is 11.5 Å². The summed E-state index contributed by atoms with van der Waals surface area (Å²) in [6.45, 7) is 1.85. The minimum absolute atomic E-state index is 0.152. The van der Waals surface area contributed by atoms with Gasteiger partial charge in [0.25, 0.3) is 0 Å². The smallest absolute Gasteiger partial charge is 0.164 e. The van der Waals surface area contributed by atoms with Gasteiger partial charge in [-0.05, 0) is 12.1 Å². The number of ether oxygens (including phenoxy) is 2. The first kappa shape index (κ1) is 16.0. The summed E-state index contributed by atoms with van der Waals surface area (Å²) in [6.07, 6.45) is 0.485. The second-order valence-electron chi connectivity index (χ2n) is 4.79. The molecule has 0 saturated carbocycles. The average molecular weight is 299 g/mol. The van der Waals surface area contributed by atoms with Crippen LogP contribution in [0.4, 0.5) is 0 Å². The molecule has 0 unspecified atom stereocenters. The van der Waals surface area contributed by atoms with Crippen LogP contribution in [0.15, 0.2) is 54.6 Å². The molecule has 0 atom stereocenters. The van der Waals surface area contributed by atoms with Gasteiger partial charge in [-0.15, -0.1) is 0 Å². The quantitative estimate of drug-likeness (QED) is 0.571. The van der Waals surface area contributed by atoms with Crippen LogP contribution in [-0.2, 0) is 0 Å². The molecule has 0 saturated heterocycles. The first-order valence-corrected chi connectivity index (χ1v) is 7.36. The van der Waals surface area contributed by atoms with E-state index >= 15 is 0 Å². The van der Waals surface area contributed by atoms with E-state index in [9.17, 15) is 4.79 Å². The van der Waals surface area contributed by atoms with Gasteiger partial charge in [0.2, 0.25) is 0 Å². The number of methoxy groups -OCH3 is 1. The first-order chi connectivity index (χ1) is 10.8. The number of hydrogen-bond acceptors (Lipinski definition) is 4. The number of Topliss-reactive ketones (excluding diaryl/α,β-unsaturated/α-hetero) is 1. The Labute approximate surface area is 131 Å². The highest BCUT2D eigenvalue weighted by Gasteiger charge is 2.04. The molecular weight excluding hydrogens is 278 g/mol. The van der Waals surface area contributed by atoms with Crippen LogP contribution < -0.4 is 14.8 Å². The van der Waals surface area contributed by atoms with Crippen molar-refractivity contribution in [3.63, 3.8) is 0 Å². The Kier molecular flexibility index (Phi) is 6.45. The van der Waals surface area contributed by atoms with Crippen molar-refractivity contribution in [1.82, 2.24) is 5.32 Å². The Bertz CT molecular complexity index is 584. The van der Waals surface area contributed by atoms with Gasteiger partial charge in [-0.3, -0.25) is 4.79 Å². The number of rotatable bonds is 9. The van der Waals surface area contributed by atoms with Gasteiger partial charge < -0.3 is 14.8 Å². The lowest BCUT2D eigenvalue weighted by molar-refractivity contribution is 0.0982. The zero-order chi connectivity index (χ0) is 15.6. The number of ketones is 1. The van der Waals surface area contributed by atoms with Crippen LogP contribution in [0.3, 0.4) is 0 Å². The highest BCUT2D eigenvalue weighted by molar-refractivity contribution is 5.96. The standard InChI is InChI=1S/C18H21NO3/c1-21-17-9-5-6-10-18(17)22-14-13-19-12-11-16(20)15-7-3-2-4-8-15/h2-10,19H,11-14H2,1H3. The Hall–Kier alpha value is -2.33. The summed E-state index contributed by atoms with van der Waals surface area (Å²) in [5.41, 5.74) is 0.759. The predicted octanol–water partition coefficient (Wildman–Crippen LogP) is 2.94. The molecule has 0 heterocycles. The van der Waals surface area contributed by atoms with Crippen LogP contribution in [0.1, 0.15) is 16.8 Å². The fourth-order valence-corrected chi connectivity index (χ4v) is 2.07. The lowest BCUT2D eigenvalue weighted by atomic mass is 10.1. The third-order valence-corrected chi connectivity index (χ3v) is 3.23. The summed E-state index contributed by atoms with van der Waals surface area (Å²) >= 11 is 0. The van der Waals surface area contributed by atoms with E-state index in [4.69, 9.17) is 9.47 Å². The molecular formula is C18H21NO3. The lowest BCUT2D eigenvalue weighted by Gasteiger charge is -2.10. The van der Waals surface area contributed by atoms with Crippen LogP contribution in [0.5, 0.6) is 11.5 Å². The highest BCUT2D eigenvalue weighted by atomic mass is 16.5. The van der Waals surface area contributed by atoms with Gasteiger partial charge in [-0.2, -0.15) is 0 Å². The van der Waals surface area contributed by atoms with E-state index in [-0.39, 0.29) is 5.78 Å². The van der Waals surface area contributed by atoms with Crippen molar-refractivity contribution in [2.75, 3.05) is 26.8 Å². The van der Waals surface area contributed by atoms with Gasteiger partial charge in [0, 0.05) is 25.1 Å². The van der Waals surface area contributed by atoms with Crippen LogP contribution in [0.25, 0.3) is 0 Å². The number of benzene rings is 2. The summed E-state index contributed by atoms with van der Waals surface area (Å²) in [7, 11) is 1.62. The molecule has 2 rings (SSSR count). The van der Waals surface area contributed by atoms with Gasteiger partial charge in [0.15, 0.2) is 17.3 Å². The highest BCUT2D eigenvalue weighted by Crippen LogP contribution is 2.25. The molecule has 4 nitrogen and oxygen atoms in total. The number of nitrogens with one attached hydrogen (secondary N) is 1. The second kappa shape index (κ2) is 8.85. The molecule has 0 aliphatic rings. The molecule has 2 aromatic rings. The van der Waals surface area contributed by atoms with Crippen LogP contribution in [0.2, 0.25) is 0 Å². The minimum Gasteiger partial charge on any atom is -0.493 e. The van der Waals surface area contributed by atoms with Gasteiger partial charge >= 0.3 is 0 Å². The molecule has 22 heavy (non-hydrogen) atoms. The van der Waals surface area contributed by atoms with Gasteiger partial charge in [-0.25, -0.2) is 0 Å². The monoisotopic (exact) mass is 299 g/mol. The normalized spacial score (nSPS) is 10.2. The van der Waals surface area contributed by atoms with Crippen LogP contribution in [0, 0.1) is 0 Å². The number of hydrogen-bond donors (Lipinski definition) is 1. The average Bonchev–Trinajstić information content (AvgIpc) is 2.58. The van der Waals surface area contributed by atoms with E-state index in [1.165, 1.54) is 0 Å². The molecule has 0 fully saturated rings. The Balaban J connectivity index is 1.63. The molecule has 0 radical (unpaired) electrons. The summed E-state index contributed by atoms with van der Waals surface area (Å²) in [6, 6.07) is 16.9. The van der Waals surface area contributed by atoms with Gasteiger partial charge in [0.05, 0.1) is 7.11 Å². The Morgan fingerprint density at radius 3 is 2.36 bits per heavy atom. The molecule has 0 aliphatic heterocycles. The van der Waals surface area contributed by atoms with E-state index < -0.39 is 0 Å². The number of carbonyl (C=O) groups is 1. The zero-order valence-corrected chi connectivity index (χ0v) is 12.7. The SMILES string of the molecule is COc1ccccc1OCCNCCC(=O)c1ccccc1. The van der Waals surface area contributed by atoms with Crippen molar-refractivity contribution >= 4 is 5.78 Å². The first-order valence-electron chi connectivity index (χ1n) is 7.36. The third kappa shape index (κ3) is 4.90. The summed E-state index contributed by atoms with van der Waals surface area (Å²) in [5, 5.41) is 3.21. The molecule has 0 amide bonds. The fraction of sp³-hybridized carbons (Fsp3) is 0.278. The summed E-state index contributed by atoms with van der Waals surface area (Å²) < 4.78 is 10.9. The third-order valence-electron chi connectivity index (χ3n) is 3.23. The maximum absolute atomic E-state index is 11.9. The molecule has 0 spiro atoms. The summed E-state index contributed by atoms with van der Waals surface area (Å²) in [4.78, 5) is 11.9. The number of para-hydroxylation sites is 2. The van der Waals surface area contributed by atoms with Crippen molar-refractivity contribution in [1.29, 1.82) is 0 Å². The molecule has 0 aromatic heterocycles. The molecule has 0 bridgehead atoms. The Morgan fingerprint density at radius 2 is 1.64 bits per heavy atom. The van der Waals surface area contributed by atoms with Crippen LogP contribution >= 0.6 is 0 Å². The number of carbonyl (C=O) groups excluding carboxylic acids is 1. The molecule has 0 aliphatic carbocycles. The second-order valence-corrected chi connectivity index (χ2v) is 4.79. The van der Waals surface area contributed by atoms with Crippen molar-refractivity contribution in [2.24, 2.45) is 0 Å². The van der Waals surface area contributed by atoms with E-state index in [2.05, 4.69) is 5.32 Å². The maximum Gasteiger partial charge on any atom is 0.164 e. The van der Waals surface area contributed by atoms with E-state index in [0.717, 1.165) is 17.1 Å². The molecule has 2 aromatic carbocycles. The topological polar surface area (TPSA) is 47.6 Å². The fourth-order valence-electron chi connectivity index (χ4n) is 2.07. The molecule has 116 valence electrons. The van der Waals surface area contributed by atoms with Crippen molar-refractivity contribution in [3.05, 3.63) is 60.2 Å². The maximum atomic E-state index is 11.9. The van der Waals surface area contributed by atoms with E-state index in [1.54, 1.807) is 7.11 Å². The predicted molar refractivity (Wildman–Crippen MR) is 86.7 cm³/mol. The molecule has 1 N–H and O–H groups in total. The minimum atomic E-state index is 0.152. The van der Waals surface area contributed by atoms with E-state index in [1.807, 2.05) is 54.6 Å². The van der Waals surface area contributed by atoms with Gasteiger partial charge in [0.1, 0.15) is 6.61 Å². The van der Waals surface area contributed by atoms with E-state index in [0.29, 0.717) is 26.1 Å². The van der Waals surface area contributed by atoms with Crippen molar-refractivity contribution in [2.45, 2.75) is 6.42 Å². The summed E-state index contributed by atoms with van der Waals surface area (Å²) in [5.74, 6) is 1.60. The zero-order valence-electron chi connectivity index (χ0n) is 12.7. The lowest BCUT2D eigenvalue weighted by Crippen LogP contribution is -2.24. The Morgan fingerprint density at radius 1 is 0.955 bits per heavy atom. The van der Waals surface area contributed by atoms with Crippen LogP contribution in [-0.4, -0.2) is 32.6 Å². The van der Waals surface area contributed by atoms with Crippen molar-refractivity contribution < 1.29 is 14.3 Å².